The van der Waals surface area contributed by atoms with Crippen LogP contribution in [-0.4, -0.2) is 158 Å². The number of nitrogens with one attached hydrogen (secondary N) is 3. The van der Waals surface area contributed by atoms with E-state index in [2.05, 4.69) is 56.3 Å². The largest absolute Gasteiger partial charge is 0.488 e. The van der Waals surface area contributed by atoms with Gasteiger partial charge in [0.15, 0.2) is 44.9 Å². The molecule has 6 atom stereocenters. The minimum atomic E-state index is -5.73. The van der Waals surface area contributed by atoms with E-state index >= 15 is 0 Å². The molecular weight excluding hydrogens is 1190 g/mol. The van der Waals surface area contributed by atoms with Crippen molar-refractivity contribution in [2.75, 3.05) is 57.4 Å². The lowest BCUT2D eigenvalue weighted by molar-refractivity contribution is -0.121. The molecule has 2 aliphatic heterocycles. The predicted octanol–water partition coefficient (Wildman–Crippen LogP) is 2.25. The van der Waals surface area contributed by atoms with Crippen molar-refractivity contribution >= 4 is 106 Å². The Hall–Kier alpha value is -5.94. The molecule has 3 aliphatic rings. The van der Waals surface area contributed by atoms with Crippen molar-refractivity contribution < 1.29 is 101 Å². The standard InChI is InChI=1S/C42H51N10O22P3S3/c1-4-44-26-14-12-24-30(25-13-15-27(45-5-2)37(80(66,67)68)34(25)71-33(24)36(26)79(63,64)65)22-9-6-7-10-23(22)40(55)51(3)18-8-11-29(53)46-16-17-47-42(56)72-35-28(19-69-75(57,58)73-76(59,60)74-77(61,62)78)70-41(32(35)54)52-21-50-31-38(43)48-20-49-39(31)52/h6-7,9-10,12-15,20-21,28,32,35,41,44,54H,4-5,8,11,16-19H2,1-3H3,(H,46,53)(H,47,56)(H,57,58)(H,59,60)(H2,43,48,49)(H2,61,62,78)(H,63,64,65)(H,66,67,68)/t28-,32-,35-,41-/m1/s1. The fourth-order valence-electron chi connectivity index (χ4n) is 8.43. The number of ether oxygens (including phenoxy) is 2. The smallest absolute Gasteiger partial charge is 0.453 e. The van der Waals surface area contributed by atoms with E-state index in [0.717, 1.165) is 17.2 Å². The maximum Gasteiger partial charge on any atom is 0.488 e. The number of phosphoric acid groups is 2. The topological polar surface area (TPSA) is 476 Å². The Morgan fingerprint density at radius 2 is 1.61 bits per heavy atom. The molecule has 4 aromatic rings. The summed E-state index contributed by atoms with van der Waals surface area (Å²) in [5.74, 6) is -1.70. The number of amides is 3. The molecule has 7 rings (SSSR count). The predicted molar refractivity (Wildman–Crippen MR) is 282 cm³/mol. The van der Waals surface area contributed by atoms with Crippen LogP contribution < -0.4 is 27.0 Å². The molecule has 2 aromatic heterocycles. The Morgan fingerprint density at radius 1 is 0.912 bits per heavy atom. The van der Waals surface area contributed by atoms with Gasteiger partial charge >= 0.3 is 28.5 Å². The van der Waals surface area contributed by atoms with E-state index in [-0.39, 0.29) is 101 Å². The second-order valence-corrected chi connectivity index (χ2v) is 25.7. The molecule has 0 saturated carbocycles. The maximum atomic E-state index is 14.3. The van der Waals surface area contributed by atoms with Gasteiger partial charge in [-0.2, -0.15) is 21.1 Å². The number of aliphatic hydroxyl groups is 1. The summed E-state index contributed by atoms with van der Waals surface area (Å²) < 4.78 is 129. The van der Waals surface area contributed by atoms with E-state index in [1.54, 1.807) is 26.0 Å². The molecule has 12 N–H and O–H groups in total. The summed E-state index contributed by atoms with van der Waals surface area (Å²) in [5.41, 5.74) is 5.68. The summed E-state index contributed by atoms with van der Waals surface area (Å²) in [7, 11) is -20.2. The summed E-state index contributed by atoms with van der Waals surface area (Å²) in [6, 6.07) is 11.7. The van der Waals surface area contributed by atoms with Gasteiger partial charge in [-0.05, 0) is 68.0 Å². The van der Waals surface area contributed by atoms with E-state index in [1.807, 2.05) is 0 Å². The van der Waals surface area contributed by atoms with Gasteiger partial charge in [-0.15, -0.1) is 0 Å². The Balaban J connectivity index is 1.01. The number of nitrogens with zero attached hydrogens (tertiary/aromatic N) is 6. The highest BCUT2D eigenvalue weighted by molar-refractivity contribution is 8.08. The summed E-state index contributed by atoms with van der Waals surface area (Å²) in [4.78, 5) is 94.4. The van der Waals surface area contributed by atoms with Crippen molar-refractivity contribution in [2.45, 2.75) is 61.0 Å². The van der Waals surface area contributed by atoms with Crippen LogP contribution in [-0.2, 0) is 68.6 Å². The molecule has 0 radical (unpaired) electrons. The van der Waals surface area contributed by atoms with Crippen LogP contribution in [0.2, 0.25) is 0 Å². The number of carbonyl (C=O) groups is 3. The van der Waals surface area contributed by atoms with E-state index in [4.69, 9.17) is 24.1 Å². The van der Waals surface area contributed by atoms with Gasteiger partial charge in [0.05, 0.1) is 24.0 Å². The number of imidazole rings is 1. The molecular formula is C42H51N10O22P3S3. The van der Waals surface area contributed by atoms with Crippen LogP contribution in [0, 0.1) is 0 Å². The number of hydrogen-bond donors (Lipinski definition) is 11. The highest BCUT2D eigenvalue weighted by Gasteiger charge is 2.50. The molecule has 2 aromatic carbocycles. The lowest BCUT2D eigenvalue weighted by Gasteiger charge is -2.23. The number of phosphoric ester groups is 1. The van der Waals surface area contributed by atoms with E-state index in [0.29, 0.717) is 0 Å². The van der Waals surface area contributed by atoms with Crippen LogP contribution >= 0.6 is 22.4 Å². The first-order chi connectivity index (χ1) is 37.4. The molecule has 80 heavy (non-hydrogen) atoms. The zero-order valence-corrected chi connectivity index (χ0v) is 47.0. The molecule has 3 amide bonds. The van der Waals surface area contributed by atoms with Crippen LogP contribution in [0.4, 0.5) is 16.3 Å². The molecule has 32 nitrogen and oxygen atoms in total. The number of aromatic nitrogens is 4. The number of rotatable bonds is 23. The minimum absolute atomic E-state index is 0.00979. The Morgan fingerprint density at radius 3 is 2.29 bits per heavy atom. The van der Waals surface area contributed by atoms with Crippen LogP contribution in [0.15, 0.2) is 80.4 Å². The molecule has 2 unspecified atom stereocenters. The first kappa shape index (κ1) is 61.7. The first-order valence-electron chi connectivity index (χ1n) is 23.3. The number of anilines is 2. The second kappa shape index (κ2) is 24.6. The number of hydrogen-bond acceptors (Lipinski definition) is 23. The number of nitrogen functional groups attached to an aromatic ring is 1. The highest BCUT2D eigenvalue weighted by Crippen LogP contribution is 2.66. The van der Waals surface area contributed by atoms with Crippen molar-refractivity contribution in [2.24, 2.45) is 4.99 Å². The quantitative estimate of drug-likeness (QED) is 0.0190. The molecule has 0 spiro atoms. The van der Waals surface area contributed by atoms with Gasteiger partial charge in [0.25, 0.3) is 26.1 Å². The first-order valence-corrected chi connectivity index (χ1v) is 31.8. The molecule has 38 heteroatoms. The van der Waals surface area contributed by atoms with Crippen LogP contribution in [0.3, 0.4) is 0 Å². The number of benzene rings is 3. The number of alkyl carbamates (subject to hydrolysis) is 1. The number of carbonyl (C=O) groups excluding carboxylic acids is 3. The summed E-state index contributed by atoms with van der Waals surface area (Å²) in [6.07, 6.45) is -5.78. The van der Waals surface area contributed by atoms with Crippen molar-refractivity contribution in [1.29, 1.82) is 0 Å². The third-order valence-electron chi connectivity index (χ3n) is 11.6. The summed E-state index contributed by atoms with van der Waals surface area (Å²) in [6.45, 7) is -2.95. The normalized spacial score (nSPS) is 18.7. The van der Waals surface area contributed by atoms with Gasteiger partial charge in [0.2, 0.25) is 5.91 Å². The monoisotopic (exact) mass is 1240 g/mol. The molecule has 1 fully saturated rings. The highest BCUT2D eigenvalue weighted by atomic mass is 32.5. The molecule has 1 aliphatic carbocycles. The van der Waals surface area contributed by atoms with E-state index < -0.39 is 113 Å². The zero-order chi connectivity index (χ0) is 58.7. The lowest BCUT2D eigenvalue weighted by Crippen LogP contribution is -2.42. The van der Waals surface area contributed by atoms with E-state index in [1.165, 1.54) is 48.3 Å². The molecule has 4 heterocycles. The van der Waals surface area contributed by atoms with Crippen molar-refractivity contribution in [3.63, 3.8) is 0 Å². The fourth-order valence-corrected chi connectivity index (χ4v) is 13.8. The van der Waals surface area contributed by atoms with Gasteiger partial charge in [-0.25, -0.2) is 33.2 Å². The van der Waals surface area contributed by atoms with Crippen molar-refractivity contribution in [3.8, 4) is 22.5 Å². The maximum absolute atomic E-state index is 14.3. The SMILES string of the molecule is CCN=c1ccc2c(-c3ccccc3C(=O)N(C)CCCC(=O)NCCNC(=O)O[C@H]3[C@@H](O)[C@H](n4cnc5c(N)ncnc54)O[C@@H]3COP(=O)(O)OP(=O)(O)OP(O)(O)=S)c3ccc(NCC)c(S(=O)(=O)O)c3oc-2c1S(=O)(=O)O. The summed E-state index contributed by atoms with van der Waals surface area (Å²) in [5, 5.41) is 18.9. The number of fused-ring (bicyclic) bond motifs is 3. The Bertz CT molecular complexity index is 3790. The van der Waals surface area contributed by atoms with Crippen LogP contribution in [0.1, 0.15) is 43.3 Å². The van der Waals surface area contributed by atoms with E-state index in [9.17, 15) is 74.1 Å². The zero-order valence-electron chi connectivity index (χ0n) is 41.8. The van der Waals surface area contributed by atoms with Gasteiger partial charge < -0.3 is 65.2 Å². The van der Waals surface area contributed by atoms with Gasteiger partial charge in [-0.3, -0.25) is 32.8 Å². The second-order valence-electron chi connectivity index (χ2n) is 17.1. The molecule has 434 valence electrons. The third-order valence-corrected chi connectivity index (χ3v) is 17.8. The van der Waals surface area contributed by atoms with Crippen molar-refractivity contribution in [1.82, 2.24) is 35.1 Å². The minimum Gasteiger partial charge on any atom is -0.453 e. The fraction of sp³-hybridized carbons (Fsp3) is 0.357. The average molecular weight is 1240 g/mol. The molecule has 1 saturated heterocycles. The average Bonchev–Trinajstić information content (AvgIpc) is 3.88. The van der Waals surface area contributed by atoms with Crippen LogP contribution in [0.25, 0.3) is 44.6 Å². The van der Waals surface area contributed by atoms with Gasteiger partial charge in [0, 0.05) is 68.3 Å². The van der Waals surface area contributed by atoms with Gasteiger partial charge in [-0.1, -0.05) is 18.2 Å². The summed E-state index contributed by atoms with van der Waals surface area (Å²) >= 11 is 4.08. The number of nitrogens with two attached hydrogens (primary N) is 1. The lowest BCUT2D eigenvalue weighted by atomic mass is 9.90. The number of aliphatic hydroxyl groups excluding tert-OH is 1. The van der Waals surface area contributed by atoms with Gasteiger partial charge in [0.1, 0.15) is 24.1 Å². The third kappa shape index (κ3) is 14.4. The molecule has 0 bridgehead atoms. The van der Waals surface area contributed by atoms with Crippen LogP contribution in [0.5, 0.6) is 0 Å². The Kier molecular flexibility index (Phi) is 19.0. The van der Waals surface area contributed by atoms with Crippen molar-refractivity contribution in [3.05, 3.63) is 72.1 Å². The Labute approximate surface area is 458 Å².